The molecule has 0 aliphatic heterocycles. The van der Waals surface area contributed by atoms with E-state index in [0.717, 1.165) is 12.0 Å². The molecule has 0 aliphatic rings. The fourth-order valence-electron chi connectivity index (χ4n) is 2.85. The first kappa shape index (κ1) is 25.5. The molecule has 1 atom stereocenters. The summed E-state index contributed by atoms with van der Waals surface area (Å²) in [7, 11) is 0. The minimum atomic E-state index is -0.870. The summed E-state index contributed by atoms with van der Waals surface area (Å²) in [6, 6.07) is 0. The molecule has 30 heavy (non-hydrogen) atoms. The van der Waals surface area contributed by atoms with Crippen LogP contribution in [-0.4, -0.2) is 38.7 Å². The van der Waals surface area contributed by atoms with Crippen molar-refractivity contribution in [2.24, 2.45) is 0 Å². The fraction of sp³-hybridized carbons (Fsp3) is 0.609. The van der Waals surface area contributed by atoms with Gasteiger partial charge in [-0.1, -0.05) is 19.9 Å². The van der Waals surface area contributed by atoms with Crippen molar-refractivity contribution in [1.82, 2.24) is 0 Å². The zero-order valence-corrected chi connectivity index (χ0v) is 19.4. The number of hydrogen-bond acceptors (Lipinski definition) is 7. The maximum Gasteiger partial charge on any atom is 0.336 e. The number of ether oxygens (including phenoxy) is 6. The highest BCUT2D eigenvalue weighted by atomic mass is 16.7. The molecular formula is C23H36O7. The molecule has 1 aromatic rings. The zero-order valence-electron chi connectivity index (χ0n) is 19.4. The Morgan fingerprint density at radius 3 is 1.67 bits per heavy atom. The second-order valence-corrected chi connectivity index (χ2v) is 6.48. The van der Waals surface area contributed by atoms with Crippen LogP contribution in [0, 0.1) is 0 Å². The molecule has 0 aliphatic carbocycles. The Morgan fingerprint density at radius 1 is 0.800 bits per heavy atom. The molecule has 0 amide bonds. The zero-order chi connectivity index (χ0) is 22.7. The number of rotatable bonds is 14. The Kier molecular flexibility index (Phi) is 10.9. The average Bonchev–Trinajstić information content (AvgIpc) is 2.69. The summed E-state index contributed by atoms with van der Waals surface area (Å²) in [6.07, 6.45) is 0.616. The second kappa shape index (κ2) is 12.9. The van der Waals surface area contributed by atoms with Gasteiger partial charge in [0, 0.05) is 18.1 Å². The molecule has 0 N–H and O–H groups in total. The third-order valence-corrected chi connectivity index (χ3v) is 3.93. The molecule has 0 heterocycles. The van der Waals surface area contributed by atoms with Gasteiger partial charge in [0.05, 0.1) is 26.4 Å². The van der Waals surface area contributed by atoms with Crippen LogP contribution in [0.25, 0.3) is 0 Å². The average molecular weight is 425 g/mol. The standard InChI is InChI=1S/C23H36O7/c1-9-14-17-18(25-10-2)20(26-11-3)22(28-13-5)21(27-12-4)19(17)29-16(8)30-23(24)15(6)7/h16H,6,9-14H2,1-5,7-8H3. The lowest BCUT2D eigenvalue weighted by molar-refractivity contribution is -0.156. The first-order valence-electron chi connectivity index (χ1n) is 10.6. The predicted octanol–water partition coefficient (Wildman–Crippen LogP) is 5.08. The highest BCUT2D eigenvalue weighted by molar-refractivity contribution is 5.87. The molecular weight excluding hydrogens is 388 g/mol. The van der Waals surface area contributed by atoms with Crippen LogP contribution in [0.15, 0.2) is 12.2 Å². The topological polar surface area (TPSA) is 72.5 Å². The smallest absolute Gasteiger partial charge is 0.336 e. The van der Waals surface area contributed by atoms with Crippen LogP contribution in [0.5, 0.6) is 28.7 Å². The molecule has 0 spiro atoms. The Morgan fingerprint density at radius 2 is 1.23 bits per heavy atom. The summed E-state index contributed by atoms with van der Waals surface area (Å²) in [4.78, 5) is 11.9. The quantitative estimate of drug-likeness (QED) is 0.234. The summed E-state index contributed by atoms with van der Waals surface area (Å²) < 4.78 is 35.1. The van der Waals surface area contributed by atoms with Crippen LogP contribution in [0.1, 0.15) is 60.5 Å². The Balaban J connectivity index is 3.70. The molecule has 1 aromatic carbocycles. The number of esters is 1. The third kappa shape index (κ3) is 6.47. The fourth-order valence-corrected chi connectivity index (χ4v) is 2.85. The van der Waals surface area contributed by atoms with E-state index in [-0.39, 0.29) is 0 Å². The first-order chi connectivity index (χ1) is 14.4. The van der Waals surface area contributed by atoms with Crippen LogP contribution < -0.4 is 23.7 Å². The largest absolute Gasteiger partial charge is 0.489 e. The maximum absolute atomic E-state index is 11.9. The van der Waals surface area contributed by atoms with Gasteiger partial charge in [-0.15, -0.1) is 0 Å². The van der Waals surface area contributed by atoms with Gasteiger partial charge in [-0.3, -0.25) is 0 Å². The summed E-state index contributed by atoms with van der Waals surface area (Å²) in [5.41, 5.74) is 1.08. The van der Waals surface area contributed by atoms with Gasteiger partial charge in [0.15, 0.2) is 11.5 Å². The lowest BCUT2D eigenvalue weighted by Gasteiger charge is -2.26. The summed E-state index contributed by atoms with van der Waals surface area (Å²) >= 11 is 0. The summed E-state index contributed by atoms with van der Waals surface area (Å²) in [5.74, 6) is 1.77. The molecule has 7 heteroatoms. The van der Waals surface area contributed by atoms with Crippen molar-refractivity contribution < 1.29 is 33.2 Å². The third-order valence-electron chi connectivity index (χ3n) is 3.93. The minimum absolute atomic E-state index is 0.293. The highest BCUT2D eigenvalue weighted by Gasteiger charge is 2.31. The number of benzene rings is 1. The van der Waals surface area contributed by atoms with E-state index in [9.17, 15) is 4.79 Å². The van der Waals surface area contributed by atoms with Crippen LogP contribution in [0.2, 0.25) is 0 Å². The SMILES string of the molecule is C=C(C)C(=O)OC(C)Oc1c(CCC)c(OCC)c(OCC)c(OCC)c1OCC. The van der Waals surface area contributed by atoms with Gasteiger partial charge in [0.25, 0.3) is 0 Å². The van der Waals surface area contributed by atoms with Gasteiger partial charge < -0.3 is 28.4 Å². The van der Waals surface area contributed by atoms with Crippen LogP contribution in [0.4, 0.5) is 0 Å². The van der Waals surface area contributed by atoms with E-state index in [1.54, 1.807) is 13.8 Å². The van der Waals surface area contributed by atoms with E-state index >= 15 is 0 Å². The van der Waals surface area contributed by atoms with Crippen molar-refractivity contribution in [2.75, 3.05) is 26.4 Å². The van der Waals surface area contributed by atoms with E-state index in [1.807, 2.05) is 27.7 Å². The Bertz CT molecular complexity index is 675. The van der Waals surface area contributed by atoms with E-state index < -0.39 is 12.3 Å². The van der Waals surface area contributed by atoms with Crippen molar-refractivity contribution in [3.05, 3.63) is 17.7 Å². The molecule has 0 aromatic heterocycles. The van der Waals surface area contributed by atoms with Crippen molar-refractivity contribution >= 4 is 5.97 Å². The number of carbonyl (C=O) groups excluding carboxylic acids is 1. The summed E-state index contributed by atoms with van der Waals surface area (Å²) in [6.45, 7) is 18.1. The van der Waals surface area contributed by atoms with Crippen molar-refractivity contribution in [1.29, 1.82) is 0 Å². The van der Waals surface area contributed by atoms with E-state index in [4.69, 9.17) is 28.4 Å². The number of carbonyl (C=O) groups is 1. The van der Waals surface area contributed by atoms with Crippen molar-refractivity contribution in [3.63, 3.8) is 0 Å². The van der Waals surface area contributed by atoms with E-state index in [1.165, 1.54) is 0 Å². The Hall–Kier alpha value is -2.57. The van der Waals surface area contributed by atoms with Crippen molar-refractivity contribution in [2.45, 2.75) is 67.6 Å². The highest BCUT2D eigenvalue weighted by Crippen LogP contribution is 2.54. The minimum Gasteiger partial charge on any atom is -0.489 e. The molecule has 1 unspecified atom stereocenters. The molecule has 0 fully saturated rings. The van der Waals surface area contributed by atoms with Crippen LogP contribution in [-0.2, 0) is 16.0 Å². The summed E-state index contributed by atoms with van der Waals surface area (Å²) in [5, 5.41) is 0. The Labute approximate surface area is 180 Å². The van der Waals surface area contributed by atoms with Gasteiger partial charge >= 0.3 is 5.97 Å². The maximum atomic E-state index is 11.9. The van der Waals surface area contributed by atoms with Gasteiger partial charge in [0.1, 0.15) is 0 Å². The predicted molar refractivity (Wildman–Crippen MR) is 116 cm³/mol. The van der Waals surface area contributed by atoms with E-state index in [2.05, 4.69) is 13.5 Å². The molecule has 0 radical (unpaired) electrons. The van der Waals surface area contributed by atoms with Crippen LogP contribution in [0.3, 0.4) is 0 Å². The van der Waals surface area contributed by atoms with Crippen LogP contribution >= 0.6 is 0 Å². The number of hydrogen-bond donors (Lipinski definition) is 0. The lowest BCUT2D eigenvalue weighted by Crippen LogP contribution is -2.22. The molecule has 0 saturated heterocycles. The lowest BCUT2D eigenvalue weighted by atomic mass is 10.0. The van der Waals surface area contributed by atoms with E-state index in [0.29, 0.717) is 67.2 Å². The molecule has 0 saturated carbocycles. The van der Waals surface area contributed by atoms with Gasteiger partial charge in [-0.2, -0.15) is 0 Å². The molecule has 1 rings (SSSR count). The van der Waals surface area contributed by atoms with Crippen molar-refractivity contribution in [3.8, 4) is 28.7 Å². The van der Waals surface area contributed by atoms with Gasteiger partial charge in [-0.25, -0.2) is 4.79 Å². The molecule has 0 bridgehead atoms. The first-order valence-corrected chi connectivity index (χ1v) is 10.6. The second-order valence-electron chi connectivity index (χ2n) is 6.48. The normalized spacial score (nSPS) is 11.4. The van der Waals surface area contributed by atoms with Gasteiger partial charge in [-0.05, 0) is 41.0 Å². The molecule has 170 valence electrons. The van der Waals surface area contributed by atoms with Gasteiger partial charge in [0.2, 0.25) is 23.5 Å². The molecule has 7 nitrogen and oxygen atoms in total. The monoisotopic (exact) mass is 424 g/mol.